The van der Waals surface area contributed by atoms with Gasteiger partial charge in [-0.1, -0.05) is 30.4 Å². The van der Waals surface area contributed by atoms with Crippen molar-refractivity contribution in [2.24, 2.45) is 11.8 Å². The first-order chi connectivity index (χ1) is 9.12. The maximum absolute atomic E-state index is 12.6. The molecule has 4 heteroatoms. The Morgan fingerprint density at radius 3 is 2.58 bits per heavy atom. The molecule has 0 spiro atoms. The number of ether oxygens (including phenoxy) is 1. The molecular weight excluding hydrogens is 242 g/mol. The number of para-hydroxylation sites is 1. The average Bonchev–Trinajstić information content (AvgIpc) is 3.00. The molecule has 3 aliphatic heterocycles. The molecule has 19 heavy (non-hydrogen) atoms. The predicted octanol–water partition coefficient (Wildman–Crippen LogP) is 1.52. The molecule has 2 fully saturated rings. The summed E-state index contributed by atoms with van der Waals surface area (Å²) in [7, 11) is 0. The fourth-order valence-corrected chi connectivity index (χ4v) is 3.48. The van der Waals surface area contributed by atoms with Crippen molar-refractivity contribution in [2.75, 3.05) is 4.90 Å². The minimum atomic E-state index is -0.619. The van der Waals surface area contributed by atoms with Crippen molar-refractivity contribution >= 4 is 17.5 Å². The van der Waals surface area contributed by atoms with E-state index in [2.05, 4.69) is 0 Å². The van der Waals surface area contributed by atoms with Crippen LogP contribution in [0.25, 0.3) is 0 Å². The van der Waals surface area contributed by atoms with Crippen molar-refractivity contribution in [1.29, 1.82) is 0 Å². The maximum Gasteiger partial charge on any atom is 0.241 e. The molecule has 0 aliphatic carbocycles. The first-order valence-electron chi connectivity index (χ1n) is 6.42. The predicted molar refractivity (Wildman–Crippen MR) is 68.3 cm³/mol. The number of rotatable bonds is 1. The van der Waals surface area contributed by atoms with Crippen molar-refractivity contribution < 1.29 is 14.3 Å². The first-order valence-corrected chi connectivity index (χ1v) is 6.42. The van der Waals surface area contributed by atoms with Gasteiger partial charge in [-0.3, -0.25) is 9.59 Å². The number of hydrogen-bond acceptors (Lipinski definition) is 3. The number of fused-ring (bicyclic) bond motifs is 5. The maximum atomic E-state index is 12.6. The van der Waals surface area contributed by atoms with Crippen LogP contribution < -0.4 is 4.90 Å². The zero-order valence-electron chi connectivity index (χ0n) is 10.4. The molecule has 0 unspecified atom stereocenters. The van der Waals surface area contributed by atoms with Gasteiger partial charge in [-0.2, -0.15) is 0 Å². The number of carbonyl (C=O) groups is 2. The topological polar surface area (TPSA) is 46.6 Å². The van der Waals surface area contributed by atoms with Gasteiger partial charge in [0.1, 0.15) is 0 Å². The average molecular weight is 255 g/mol. The van der Waals surface area contributed by atoms with E-state index in [1.807, 2.05) is 37.3 Å². The van der Waals surface area contributed by atoms with E-state index in [9.17, 15) is 9.59 Å². The SMILES string of the molecule is C[C@@]12C=C[C@@H](O1)[C@@H]1C(=O)N(c3ccccc3)C(=O)[C@@H]12. The van der Waals surface area contributed by atoms with Crippen LogP contribution in [0.1, 0.15) is 6.92 Å². The quantitative estimate of drug-likeness (QED) is 0.564. The number of anilines is 1. The molecule has 2 saturated heterocycles. The highest BCUT2D eigenvalue weighted by Crippen LogP contribution is 2.52. The minimum Gasteiger partial charge on any atom is -0.362 e. The molecule has 4 nitrogen and oxygen atoms in total. The Kier molecular flexibility index (Phi) is 1.92. The molecule has 2 bridgehead atoms. The van der Waals surface area contributed by atoms with Gasteiger partial charge < -0.3 is 4.74 Å². The summed E-state index contributed by atoms with van der Waals surface area (Å²) in [4.78, 5) is 26.4. The van der Waals surface area contributed by atoms with Crippen molar-refractivity contribution in [3.05, 3.63) is 42.5 Å². The van der Waals surface area contributed by atoms with Crippen molar-refractivity contribution in [2.45, 2.75) is 18.6 Å². The van der Waals surface area contributed by atoms with Crippen molar-refractivity contribution in [3.63, 3.8) is 0 Å². The summed E-state index contributed by atoms with van der Waals surface area (Å²) >= 11 is 0. The zero-order chi connectivity index (χ0) is 13.2. The summed E-state index contributed by atoms with van der Waals surface area (Å²) in [6.45, 7) is 1.88. The van der Waals surface area contributed by atoms with Gasteiger partial charge in [0.2, 0.25) is 11.8 Å². The molecule has 1 aromatic carbocycles. The Labute approximate surface area is 110 Å². The highest BCUT2D eigenvalue weighted by atomic mass is 16.5. The Bertz CT molecular complexity index is 609. The summed E-state index contributed by atoms with van der Waals surface area (Å²) in [6, 6.07) is 9.10. The lowest BCUT2D eigenvalue weighted by atomic mass is 9.78. The third-order valence-corrected chi connectivity index (χ3v) is 4.34. The Hall–Kier alpha value is -1.94. The number of carbonyl (C=O) groups excluding carboxylic acids is 2. The number of amides is 2. The summed E-state index contributed by atoms with van der Waals surface area (Å²) in [6.07, 6.45) is 3.57. The van der Waals surface area contributed by atoms with Gasteiger partial charge in [-0.15, -0.1) is 0 Å². The number of imide groups is 1. The number of hydrogen-bond donors (Lipinski definition) is 0. The lowest BCUT2D eigenvalue weighted by Gasteiger charge is -2.24. The second-order valence-electron chi connectivity index (χ2n) is 5.48. The zero-order valence-corrected chi connectivity index (χ0v) is 10.4. The molecule has 1 aromatic rings. The van der Waals surface area contributed by atoms with Crippen LogP contribution in [0.5, 0.6) is 0 Å². The highest BCUT2D eigenvalue weighted by Gasteiger charge is 2.65. The minimum absolute atomic E-state index is 0.140. The molecule has 3 aliphatic rings. The fraction of sp³-hybridized carbons (Fsp3) is 0.333. The lowest BCUT2D eigenvalue weighted by Crippen LogP contribution is -2.38. The molecule has 4 atom stereocenters. The second-order valence-corrected chi connectivity index (χ2v) is 5.48. The van der Waals surface area contributed by atoms with Crippen LogP contribution in [0.15, 0.2) is 42.5 Å². The molecule has 4 rings (SSSR count). The van der Waals surface area contributed by atoms with Gasteiger partial charge >= 0.3 is 0 Å². The first kappa shape index (κ1) is 10.9. The second kappa shape index (κ2) is 3.33. The summed E-state index contributed by atoms with van der Waals surface area (Å²) in [5.41, 5.74) is 0.0286. The molecule has 2 amide bonds. The van der Waals surface area contributed by atoms with Gasteiger partial charge in [0.05, 0.1) is 29.2 Å². The number of benzene rings is 1. The van der Waals surface area contributed by atoms with E-state index in [0.29, 0.717) is 5.69 Å². The third-order valence-electron chi connectivity index (χ3n) is 4.34. The summed E-state index contributed by atoms with van der Waals surface area (Å²) in [5, 5.41) is 0. The van der Waals surface area contributed by atoms with Crippen molar-refractivity contribution in [1.82, 2.24) is 0 Å². The van der Waals surface area contributed by atoms with Crippen LogP contribution in [0.2, 0.25) is 0 Å². The van der Waals surface area contributed by atoms with Gasteiger partial charge in [0.25, 0.3) is 0 Å². The smallest absolute Gasteiger partial charge is 0.241 e. The standard InChI is InChI=1S/C15H13NO3/c1-15-8-7-10(19-15)11-12(15)14(18)16(13(11)17)9-5-3-2-4-6-9/h2-8,10-12H,1H3/t10-,11+,12-,15+/m1/s1. The van der Waals surface area contributed by atoms with E-state index in [1.165, 1.54) is 4.90 Å². The van der Waals surface area contributed by atoms with Gasteiger partial charge in [-0.05, 0) is 19.1 Å². The van der Waals surface area contributed by atoms with Gasteiger partial charge in [0.15, 0.2) is 0 Å². The normalized spacial score (nSPS) is 39.2. The van der Waals surface area contributed by atoms with E-state index in [0.717, 1.165) is 0 Å². The number of nitrogens with zero attached hydrogens (tertiary/aromatic N) is 1. The van der Waals surface area contributed by atoms with Crippen LogP contribution in [0, 0.1) is 11.8 Å². The van der Waals surface area contributed by atoms with E-state index >= 15 is 0 Å². The van der Waals surface area contributed by atoms with Gasteiger partial charge in [-0.25, -0.2) is 4.90 Å². The Morgan fingerprint density at radius 2 is 1.89 bits per heavy atom. The largest absolute Gasteiger partial charge is 0.362 e. The molecule has 0 N–H and O–H groups in total. The van der Waals surface area contributed by atoms with Crippen LogP contribution in [0.3, 0.4) is 0 Å². The van der Waals surface area contributed by atoms with E-state index in [-0.39, 0.29) is 29.8 Å². The van der Waals surface area contributed by atoms with Crippen LogP contribution in [-0.4, -0.2) is 23.5 Å². The summed E-state index contributed by atoms with van der Waals surface area (Å²) in [5.74, 6) is -1.02. The molecular formula is C15H13NO3. The molecule has 0 aromatic heterocycles. The molecule has 3 heterocycles. The van der Waals surface area contributed by atoms with Crippen LogP contribution >= 0.6 is 0 Å². The van der Waals surface area contributed by atoms with Crippen molar-refractivity contribution in [3.8, 4) is 0 Å². The van der Waals surface area contributed by atoms with E-state index in [4.69, 9.17) is 4.74 Å². The molecule has 0 radical (unpaired) electrons. The lowest BCUT2D eigenvalue weighted by molar-refractivity contribution is -0.126. The highest BCUT2D eigenvalue weighted by molar-refractivity contribution is 6.23. The fourth-order valence-electron chi connectivity index (χ4n) is 3.48. The Morgan fingerprint density at radius 1 is 1.16 bits per heavy atom. The van der Waals surface area contributed by atoms with Crippen LogP contribution in [-0.2, 0) is 14.3 Å². The Balaban J connectivity index is 1.80. The summed E-state index contributed by atoms with van der Waals surface area (Å²) < 4.78 is 5.77. The molecule has 0 saturated carbocycles. The van der Waals surface area contributed by atoms with Gasteiger partial charge in [0, 0.05) is 0 Å². The monoisotopic (exact) mass is 255 g/mol. The van der Waals surface area contributed by atoms with E-state index < -0.39 is 5.60 Å². The molecule has 96 valence electrons. The third kappa shape index (κ3) is 1.22. The van der Waals surface area contributed by atoms with Crippen LogP contribution in [0.4, 0.5) is 5.69 Å². The van der Waals surface area contributed by atoms with E-state index in [1.54, 1.807) is 12.1 Å².